The van der Waals surface area contributed by atoms with E-state index in [4.69, 9.17) is 4.74 Å². The lowest BCUT2D eigenvalue weighted by molar-refractivity contribution is -0.0423. The summed E-state index contributed by atoms with van der Waals surface area (Å²) in [5.74, 6) is 3.57. The van der Waals surface area contributed by atoms with Crippen LogP contribution >= 0.6 is 0 Å². The molecule has 2 saturated carbocycles. The summed E-state index contributed by atoms with van der Waals surface area (Å²) in [6, 6.07) is 0. The van der Waals surface area contributed by atoms with Gasteiger partial charge in [0.05, 0.1) is 12.2 Å². The third kappa shape index (κ3) is 6.77. The standard InChI is InChI=1S/C22H42O/c1-17(2)19-9-5-7-11-21(15-13-19)23-22-12-8-6-10-20(14-16-22)18(3)4/h17-22H,5-16H2,1-4H3. The van der Waals surface area contributed by atoms with Gasteiger partial charge in [0.25, 0.3) is 0 Å². The molecule has 0 bridgehead atoms. The van der Waals surface area contributed by atoms with E-state index in [1.165, 1.54) is 77.0 Å². The van der Waals surface area contributed by atoms with Gasteiger partial charge >= 0.3 is 0 Å². The molecule has 0 aliphatic heterocycles. The van der Waals surface area contributed by atoms with Gasteiger partial charge in [-0.25, -0.2) is 0 Å². The van der Waals surface area contributed by atoms with Crippen LogP contribution in [0.4, 0.5) is 0 Å². The van der Waals surface area contributed by atoms with E-state index in [0.717, 1.165) is 23.7 Å². The van der Waals surface area contributed by atoms with Crippen LogP contribution in [-0.2, 0) is 4.74 Å². The molecule has 2 rings (SSSR count). The Bertz CT molecular complexity index is 279. The molecule has 2 fully saturated rings. The maximum atomic E-state index is 6.66. The summed E-state index contributed by atoms with van der Waals surface area (Å²) in [6.07, 6.45) is 17.7. The molecule has 136 valence electrons. The lowest BCUT2D eigenvalue weighted by Crippen LogP contribution is -2.27. The smallest absolute Gasteiger partial charge is 0.0579 e. The van der Waals surface area contributed by atoms with Gasteiger partial charge < -0.3 is 4.74 Å². The summed E-state index contributed by atoms with van der Waals surface area (Å²) in [4.78, 5) is 0. The highest BCUT2D eigenvalue weighted by Crippen LogP contribution is 2.33. The zero-order valence-electron chi connectivity index (χ0n) is 16.4. The summed E-state index contributed by atoms with van der Waals surface area (Å²) in [6.45, 7) is 9.62. The number of hydrogen-bond acceptors (Lipinski definition) is 1. The lowest BCUT2D eigenvalue weighted by Gasteiger charge is -2.32. The molecule has 4 unspecified atom stereocenters. The van der Waals surface area contributed by atoms with E-state index in [1.54, 1.807) is 0 Å². The minimum Gasteiger partial charge on any atom is -0.375 e. The second-order valence-corrected chi connectivity index (χ2v) is 9.11. The summed E-state index contributed by atoms with van der Waals surface area (Å²) < 4.78 is 6.66. The van der Waals surface area contributed by atoms with Crippen molar-refractivity contribution >= 4 is 0 Å². The number of ether oxygens (including phenoxy) is 1. The highest BCUT2D eigenvalue weighted by molar-refractivity contribution is 4.75. The molecule has 2 aliphatic carbocycles. The summed E-state index contributed by atoms with van der Waals surface area (Å²) in [5, 5.41) is 0. The van der Waals surface area contributed by atoms with E-state index in [0.29, 0.717) is 12.2 Å². The average Bonchev–Trinajstić information content (AvgIpc) is 2.43. The van der Waals surface area contributed by atoms with Crippen LogP contribution in [0.1, 0.15) is 105 Å². The maximum Gasteiger partial charge on any atom is 0.0579 e. The number of rotatable bonds is 4. The van der Waals surface area contributed by atoms with Crippen molar-refractivity contribution in [1.82, 2.24) is 0 Å². The third-order valence-electron chi connectivity index (χ3n) is 6.69. The molecule has 0 saturated heterocycles. The fourth-order valence-electron chi connectivity index (χ4n) is 4.81. The van der Waals surface area contributed by atoms with Gasteiger partial charge in [0.1, 0.15) is 0 Å². The predicted molar refractivity (Wildman–Crippen MR) is 101 cm³/mol. The lowest BCUT2D eigenvalue weighted by atomic mass is 9.82. The highest BCUT2D eigenvalue weighted by atomic mass is 16.5. The topological polar surface area (TPSA) is 9.23 Å². The molecular formula is C22H42O. The Morgan fingerprint density at radius 1 is 0.522 bits per heavy atom. The van der Waals surface area contributed by atoms with Gasteiger partial charge in [-0.3, -0.25) is 0 Å². The first kappa shape index (κ1) is 19.3. The Kier molecular flexibility index (Phi) is 8.44. The highest BCUT2D eigenvalue weighted by Gasteiger charge is 2.24. The van der Waals surface area contributed by atoms with E-state index in [9.17, 15) is 0 Å². The maximum absolute atomic E-state index is 6.66. The monoisotopic (exact) mass is 322 g/mol. The van der Waals surface area contributed by atoms with Crippen molar-refractivity contribution in [2.75, 3.05) is 0 Å². The van der Waals surface area contributed by atoms with E-state index < -0.39 is 0 Å². The Hall–Kier alpha value is -0.0400. The van der Waals surface area contributed by atoms with Crippen molar-refractivity contribution in [3.63, 3.8) is 0 Å². The molecule has 0 aromatic rings. The molecule has 0 spiro atoms. The molecule has 4 atom stereocenters. The van der Waals surface area contributed by atoms with Gasteiger partial charge in [0.15, 0.2) is 0 Å². The van der Waals surface area contributed by atoms with Crippen molar-refractivity contribution in [2.45, 2.75) is 117 Å². The Balaban J connectivity index is 1.81. The minimum atomic E-state index is 0.554. The minimum absolute atomic E-state index is 0.554. The molecule has 0 N–H and O–H groups in total. The fourth-order valence-corrected chi connectivity index (χ4v) is 4.81. The van der Waals surface area contributed by atoms with Crippen LogP contribution < -0.4 is 0 Å². The summed E-state index contributed by atoms with van der Waals surface area (Å²) in [5.41, 5.74) is 0. The van der Waals surface area contributed by atoms with Crippen molar-refractivity contribution in [3.05, 3.63) is 0 Å². The molecule has 0 aromatic heterocycles. The average molecular weight is 323 g/mol. The van der Waals surface area contributed by atoms with Crippen molar-refractivity contribution in [1.29, 1.82) is 0 Å². The van der Waals surface area contributed by atoms with Crippen molar-refractivity contribution in [2.24, 2.45) is 23.7 Å². The molecule has 0 radical (unpaired) electrons. The van der Waals surface area contributed by atoms with Crippen LogP contribution in [0.2, 0.25) is 0 Å². The molecular weight excluding hydrogens is 280 g/mol. The normalized spacial score (nSPS) is 34.7. The second-order valence-electron chi connectivity index (χ2n) is 9.11. The van der Waals surface area contributed by atoms with Gasteiger partial charge in [-0.15, -0.1) is 0 Å². The first-order valence-corrected chi connectivity index (χ1v) is 10.7. The van der Waals surface area contributed by atoms with E-state index in [-0.39, 0.29) is 0 Å². The quantitative estimate of drug-likeness (QED) is 0.541. The Labute approximate surface area is 146 Å². The largest absolute Gasteiger partial charge is 0.375 e. The van der Waals surface area contributed by atoms with Crippen LogP contribution in [0.25, 0.3) is 0 Å². The van der Waals surface area contributed by atoms with Crippen molar-refractivity contribution < 1.29 is 4.74 Å². The number of hydrogen-bond donors (Lipinski definition) is 0. The molecule has 2 aliphatic rings. The van der Waals surface area contributed by atoms with Gasteiger partial charge in [-0.1, -0.05) is 66.2 Å². The molecule has 1 nitrogen and oxygen atoms in total. The Morgan fingerprint density at radius 2 is 0.913 bits per heavy atom. The van der Waals surface area contributed by atoms with Gasteiger partial charge in [0.2, 0.25) is 0 Å². The zero-order valence-corrected chi connectivity index (χ0v) is 16.4. The molecule has 0 aromatic carbocycles. The van der Waals surface area contributed by atoms with Gasteiger partial charge in [-0.2, -0.15) is 0 Å². The van der Waals surface area contributed by atoms with Gasteiger partial charge in [0, 0.05) is 0 Å². The first-order valence-electron chi connectivity index (χ1n) is 10.7. The predicted octanol–water partition coefficient (Wildman–Crippen LogP) is 6.99. The molecule has 0 amide bonds. The summed E-state index contributed by atoms with van der Waals surface area (Å²) in [7, 11) is 0. The first-order chi connectivity index (χ1) is 11.1. The fraction of sp³-hybridized carbons (Fsp3) is 1.00. The van der Waals surface area contributed by atoms with Crippen LogP contribution in [0.15, 0.2) is 0 Å². The molecule has 0 heterocycles. The van der Waals surface area contributed by atoms with E-state index in [1.807, 2.05) is 0 Å². The molecule has 1 heteroatoms. The summed E-state index contributed by atoms with van der Waals surface area (Å²) >= 11 is 0. The van der Waals surface area contributed by atoms with E-state index in [2.05, 4.69) is 27.7 Å². The van der Waals surface area contributed by atoms with Crippen LogP contribution in [-0.4, -0.2) is 12.2 Å². The molecule has 23 heavy (non-hydrogen) atoms. The zero-order chi connectivity index (χ0) is 16.7. The second kappa shape index (κ2) is 10.1. The SMILES string of the molecule is CC(C)C1CCCCC(OC2CCCCC(C(C)C)CC2)CC1. The van der Waals surface area contributed by atoms with Crippen molar-refractivity contribution in [3.8, 4) is 0 Å². The van der Waals surface area contributed by atoms with Gasteiger partial charge in [-0.05, 0) is 62.2 Å². The van der Waals surface area contributed by atoms with Crippen LogP contribution in [0.3, 0.4) is 0 Å². The Morgan fingerprint density at radius 3 is 1.30 bits per heavy atom. The van der Waals surface area contributed by atoms with Crippen LogP contribution in [0, 0.1) is 23.7 Å². The third-order valence-corrected chi connectivity index (χ3v) is 6.69. The van der Waals surface area contributed by atoms with E-state index >= 15 is 0 Å². The van der Waals surface area contributed by atoms with Crippen LogP contribution in [0.5, 0.6) is 0 Å².